The number of hydrogen-bond donors (Lipinski definition) is 1. The van der Waals surface area contributed by atoms with Gasteiger partial charge in [0.1, 0.15) is 0 Å². The molecule has 1 heterocycles. The third kappa shape index (κ3) is 2.94. The summed E-state index contributed by atoms with van der Waals surface area (Å²) in [5.74, 6) is 0. The van der Waals surface area contributed by atoms with E-state index in [1.807, 2.05) is 30.3 Å². The molecule has 0 saturated carbocycles. The minimum atomic E-state index is -0.394. The average Bonchev–Trinajstić information content (AvgIpc) is 2.56. The van der Waals surface area contributed by atoms with Crippen LogP contribution in [0.4, 0.5) is 0 Å². The van der Waals surface area contributed by atoms with Gasteiger partial charge in [0.2, 0.25) is 0 Å². The van der Waals surface area contributed by atoms with Gasteiger partial charge in [0.15, 0.2) is 5.15 Å². The molecule has 0 bridgehead atoms. The summed E-state index contributed by atoms with van der Waals surface area (Å²) < 4.78 is 0. The van der Waals surface area contributed by atoms with Crippen LogP contribution in [-0.4, -0.2) is 9.97 Å². The number of rotatable bonds is 3. The molecular formula is C17H14ClN3. The van der Waals surface area contributed by atoms with Gasteiger partial charge in [-0.25, -0.2) is 4.98 Å². The van der Waals surface area contributed by atoms with Gasteiger partial charge in [0.05, 0.1) is 11.7 Å². The third-order valence-corrected chi connectivity index (χ3v) is 3.62. The van der Waals surface area contributed by atoms with Gasteiger partial charge in [0.25, 0.3) is 0 Å². The molecule has 0 aliphatic heterocycles. The summed E-state index contributed by atoms with van der Waals surface area (Å²) in [6.45, 7) is 0. The van der Waals surface area contributed by atoms with Gasteiger partial charge in [-0.2, -0.15) is 0 Å². The Kier molecular flexibility index (Phi) is 3.95. The first-order chi connectivity index (χ1) is 10.3. The van der Waals surface area contributed by atoms with Gasteiger partial charge < -0.3 is 5.73 Å². The number of hydrogen-bond acceptors (Lipinski definition) is 3. The van der Waals surface area contributed by atoms with Crippen LogP contribution in [0.5, 0.6) is 0 Å². The van der Waals surface area contributed by atoms with Crippen molar-refractivity contribution in [3.8, 4) is 11.1 Å². The third-order valence-electron chi connectivity index (χ3n) is 3.33. The summed E-state index contributed by atoms with van der Waals surface area (Å²) in [6.07, 6.45) is 3.15. The van der Waals surface area contributed by atoms with E-state index in [4.69, 9.17) is 17.3 Å². The Hall–Kier alpha value is -2.23. The summed E-state index contributed by atoms with van der Waals surface area (Å²) in [4.78, 5) is 8.27. The Morgan fingerprint density at radius 1 is 0.857 bits per heavy atom. The molecule has 2 aromatic carbocycles. The number of aromatic nitrogens is 2. The normalized spacial score (nSPS) is 12.1. The summed E-state index contributed by atoms with van der Waals surface area (Å²) in [7, 11) is 0. The molecule has 0 spiro atoms. The zero-order valence-electron chi connectivity index (χ0n) is 11.3. The van der Waals surface area contributed by atoms with Gasteiger partial charge >= 0.3 is 0 Å². The van der Waals surface area contributed by atoms with E-state index < -0.39 is 6.04 Å². The Balaban J connectivity index is 1.99. The van der Waals surface area contributed by atoms with Crippen LogP contribution in [0.15, 0.2) is 67.0 Å². The predicted octanol–water partition coefficient (Wildman–Crippen LogP) is 3.85. The molecule has 0 aliphatic rings. The molecule has 0 aliphatic carbocycles. The molecule has 1 atom stereocenters. The molecule has 0 fully saturated rings. The van der Waals surface area contributed by atoms with Crippen molar-refractivity contribution in [1.29, 1.82) is 0 Å². The molecular weight excluding hydrogens is 282 g/mol. The van der Waals surface area contributed by atoms with Gasteiger partial charge in [-0.3, -0.25) is 4.98 Å². The SMILES string of the molecule is NC(c1cccc(-c2ccccc2)c1)c1nccnc1Cl. The molecule has 1 unspecified atom stereocenters. The fourth-order valence-corrected chi connectivity index (χ4v) is 2.46. The lowest BCUT2D eigenvalue weighted by molar-refractivity contribution is 0.818. The molecule has 0 amide bonds. The maximum absolute atomic E-state index is 6.28. The highest BCUT2D eigenvalue weighted by Crippen LogP contribution is 2.26. The van der Waals surface area contributed by atoms with Crippen LogP contribution in [0.2, 0.25) is 5.15 Å². The molecule has 4 heteroatoms. The Morgan fingerprint density at radius 3 is 2.33 bits per heavy atom. The lowest BCUT2D eigenvalue weighted by Gasteiger charge is -2.13. The van der Waals surface area contributed by atoms with Crippen molar-refractivity contribution in [1.82, 2.24) is 9.97 Å². The summed E-state index contributed by atoms with van der Waals surface area (Å²) in [6, 6.07) is 17.9. The smallest absolute Gasteiger partial charge is 0.152 e. The lowest BCUT2D eigenvalue weighted by Crippen LogP contribution is -2.14. The molecule has 2 N–H and O–H groups in total. The van der Waals surface area contributed by atoms with Crippen LogP contribution in [0, 0.1) is 0 Å². The van der Waals surface area contributed by atoms with Crippen molar-refractivity contribution in [3.05, 3.63) is 83.4 Å². The van der Waals surface area contributed by atoms with Gasteiger partial charge in [-0.1, -0.05) is 60.1 Å². The summed E-state index contributed by atoms with van der Waals surface area (Å²) in [5.41, 5.74) is 10.1. The van der Waals surface area contributed by atoms with E-state index in [0.717, 1.165) is 16.7 Å². The van der Waals surface area contributed by atoms with Crippen molar-refractivity contribution in [2.24, 2.45) is 5.73 Å². The van der Waals surface area contributed by atoms with Crippen LogP contribution in [0.25, 0.3) is 11.1 Å². The zero-order chi connectivity index (χ0) is 14.7. The van der Waals surface area contributed by atoms with Crippen molar-refractivity contribution < 1.29 is 0 Å². The van der Waals surface area contributed by atoms with Crippen molar-refractivity contribution >= 4 is 11.6 Å². The molecule has 3 rings (SSSR count). The predicted molar refractivity (Wildman–Crippen MR) is 85.0 cm³/mol. The molecule has 0 saturated heterocycles. The Morgan fingerprint density at radius 2 is 1.57 bits per heavy atom. The number of nitrogens with two attached hydrogens (primary N) is 1. The largest absolute Gasteiger partial charge is 0.319 e. The van der Waals surface area contributed by atoms with Crippen LogP contribution in [-0.2, 0) is 0 Å². The first-order valence-electron chi connectivity index (χ1n) is 6.63. The van der Waals surface area contributed by atoms with Crippen LogP contribution < -0.4 is 5.73 Å². The monoisotopic (exact) mass is 295 g/mol. The zero-order valence-corrected chi connectivity index (χ0v) is 12.0. The molecule has 3 aromatic rings. The maximum Gasteiger partial charge on any atom is 0.152 e. The Labute approximate surface area is 128 Å². The second-order valence-corrected chi connectivity index (χ2v) is 5.06. The van der Waals surface area contributed by atoms with Crippen molar-refractivity contribution in [3.63, 3.8) is 0 Å². The fraction of sp³-hybridized carbons (Fsp3) is 0.0588. The van der Waals surface area contributed by atoms with Crippen LogP contribution in [0.3, 0.4) is 0 Å². The highest BCUT2D eigenvalue weighted by molar-refractivity contribution is 6.30. The van der Waals surface area contributed by atoms with Gasteiger partial charge in [-0.05, 0) is 22.8 Å². The van der Waals surface area contributed by atoms with Crippen molar-refractivity contribution in [2.75, 3.05) is 0 Å². The molecule has 21 heavy (non-hydrogen) atoms. The van der Waals surface area contributed by atoms with Crippen molar-refractivity contribution in [2.45, 2.75) is 6.04 Å². The lowest BCUT2D eigenvalue weighted by atomic mass is 9.98. The fourth-order valence-electron chi connectivity index (χ4n) is 2.24. The summed E-state index contributed by atoms with van der Waals surface area (Å²) >= 11 is 6.07. The van der Waals surface area contributed by atoms with Crippen LogP contribution in [0.1, 0.15) is 17.3 Å². The molecule has 0 radical (unpaired) electrons. The van der Waals surface area contributed by atoms with Gasteiger partial charge in [0, 0.05) is 12.4 Å². The minimum absolute atomic E-state index is 0.343. The average molecular weight is 296 g/mol. The van der Waals surface area contributed by atoms with E-state index in [1.165, 1.54) is 0 Å². The second-order valence-electron chi connectivity index (χ2n) is 4.70. The number of benzene rings is 2. The minimum Gasteiger partial charge on any atom is -0.319 e. The molecule has 104 valence electrons. The highest BCUT2D eigenvalue weighted by atomic mass is 35.5. The van der Waals surface area contributed by atoms with Crippen LogP contribution >= 0.6 is 11.6 Å². The maximum atomic E-state index is 6.28. The van der Waals surface area contributed by atoms with E-state index in [1.54, 1.807) is 12.4 Å². The van der Waals surface area contributed by atoms with E-state index in [-0.39, 0.29) is 0 Å². The van der Waals surface area contributed by atoms with E-state index in [0.29, 0.717) is 10.8 Å². The van der Waals surface area contributed by atoms with E-state index in [2.05, 4.69) is 34.2 Å². The van der Waals surface area contributed by atoms with E-state index >= 15 is 0 Å². The number of nitrogens with zero attached hydrogens (tertiary/aromatic N) is 2. The highest BCUT2D eigenvalue weighted by Gasteiger charge is 2.15. The first-order valence-corrected chi connectivity index (χ1v) is 7.01. The second kappa shape index (κ2) is 6.04. The standard InChI is InChI=1S/C17H14ClN3/c18-17-16(20-9-10-21-17)15(19)14-8-4-7-13(11-14)12-5-2-1-3-6-12/h1-11,15H,19H2. The Bertz CT molecular complexity index is 744. The van der Waals surface area contributed by atoms with Gasteiger partial charge in [-0.15, -0.1) is 0 Å². The quantitative estimate of drug-likeness (QED) is 0.798. The first kappa shape index (κ1) is 13.7. The number of halogens is 1. The van der Waals surface area contributed by atoms with E-state index in [9.17, 15) is 0 Å². The summed E-state index contributed by atoms with van der Waals surface area (Å²) in [5, 5.41) is 0.343. The molecule has 1 aromatic heterocycles. The topological polar surface area (TPSA) is 51.8 Å². The molecule has 3 nitrogen and oxygen atoms in total.